The second kappa shape index (κ2) is 4.61. The topological polar surface area (TPSA) is 67.2 Å². The highest BCUT2D eigenvalue weighted by Crippen LogP contribution is 2.40. The van der Waals surface area contributed by atoms with Crippen molar-refractivity contribution >= 4 is 11.9 Å². The van der Waals surface area contributed by atoms with Crippen molar-refractivity contribution in [1.29, 1.82) is 0 Å². The van der Waals surface area contributed by atoms with Gasteiger partial charge in [-0.05, 0) is 18.8 Å². The lowest BCUT2D eigenvalue weighted by Gasteiger charge is -2.40. The molecule has 3 amide bonds. The summed E-state index contributed by atoms with van der Waals surface area (Å²) in [4.78, 5) is 26.2. The number of nitrogens with zero attached hydrogens (tertiary/aromatic N) is 3. The fourth-order valence-electron chi connectivity index (χ4n) is 3.53. The average molecular weight is 276 g/mol. The quantitative estimate of drug-likeness (QED) is 0.831. The van der Waals surface area contributed by atoms with Gasteiger partial charge in [-0.25, -0.2) is 4.79 Å². The van der Waals surface area contributed by atoms with Crippen molar-refractivity contribution in [2.45, 2.75) is 44.7 Å². The van der Waals surface area contributed by atoms with Crippen LogP contribution < -0.4 is 5.32 Å². The molecule has 6 heteroatoms. The van der Waals surface area contributed by atoms with E-state index in [0.29, 0.717) is 12.5 Å². The molecule has 6 nitrogen and oxygen atoms in total. The van der Waals surface area contributed by atoms with Crippen molar-refractivity contribution in [2.75, 3.05) is 0 Å². The molecule has 108 valence electrons. The summed E-state index contributed by atoms with van der Waals surface area (Å²) in [5.74, 6) is 0.342. The maximum atomic E-state index is 12.3. The molecule has 1 aliphatic heterocycles. The van der Waals surface area contributed by atoms with Crippen molar-refractivity contribution in [3.63, 3.8) is 0 Å². The zero-order chi connectivity index (χ0) is 14.3. The summed E-state index contributed by atoms with van der Waals surface area (Å²) >= 11 is 0. The number of hydrogen-bond acceptors (Lipinski definition) is 3. The number of imide groups is 1. The number of aromatic nitrogens is 2. The molecular weight excluding hydrogens is 256 g/mol. The van der Waals surface area contributed by atoms with Crippen LogP contribution in [0.25, 0.3) is 0 Å². The molecule has 1 N–H and O–H groups in total. The predicted molar refractivity (Wildman–Crippen MR) is 72.7 cm³/mol. The van der Waals surface area contributed by atoms with Gasteiger partial charge in [-0.15, -0.1) is 0 Å². The molecule has 2 fully saturated rings. The van der Waals surface area contributed by atoms with Crippen molar-refractivity contribution in [3.8, 4) is 0 Å². The first-order valence-electron chi connectivity index (χ1n) is 7.12. The molecule has 1 saturated heterocycles. The Balaban J connectivity index is 1.89. The highest BCUT2D eigenvalue weighted by molar-refractivity contribution is 6.07. The Bertz CT molecular complexity index is 553. The fourth-order valence-corrected chi connectivity index (χ4v) is 3.53. The Morgan fingerprint density at radius 3 is 2.95 bits per heavy atom. The van der Waals surface area contributed by atoms with Gasteiger partial charge in [0.05, 0.1) is 12.7 Å². The third-order valence-corrected chi connectivity index (χ3v) is 4.48. The van der Waals surface area contributed by atoms with Crippen LogP contribution in [0.4, 0.5) is 4.79 Å². The number of aryl methyl sites for hydroxylation is 1. The Labute approximate surface area is 118 Å². The summed E-state index contributed by atoms with van der Waals surface area (Å²) in [6.45, 7) is 2.59. The normalized spacial score (nSPS) is 30.1. The van der Waals surface area contributed by atoms with Crippen LogP contribution in [0.3, 0.4) is 0 Å². The molecule has 1 saturated carbocycles. The molecule has 1 spiro atoms. The second-order valence-electron chi connectivity index (χ2n) is 6.10. The lowest BCUT2D eigenvalue weighted by atomic mass is 9.75. The molecule has 0 bridgehead atoms. The molecule has 2 atom stereocenters. The first kappa shape index (κ1) is 13.1. The maximum Gasteiger partial charge on any atom is 0.325 e. The fraction of sp³-hybridized carbons (Fsp3) is 0.643. The van der Waals surface area contributed by atoms with Gasteiger partial charge in [-0.1, -0.05) is 19.8 Å². The molecule has 20 heavy (non-hydrogen) atoms. The van der Waals surface area contributed by atoms with Crippen LogP contribution in [-0.2, 0) is 18.4 Å². The first-order chi connectivity index (χ1) is 9.51. The van der Waals surface area contributed by atoms with Gasteiger partial charge in [0.1, 0.15) is 5.54 Å². The van der Waals surface area contributed by atoms with E-state index in [2.05, 4.69) is 17.3 Å². The number of amides is 3. The number of carbonyl (C=O) groups is 2. The van der Waals surface area contributed by atoms with E-state index < -0.39 is 5.54 Å². The Kier molecular flexibility index (Phi) is 3.03. The highest BCUT2D eigenvalue weighted by Gasteiger charge is 2.54. The van der Waals surface area contributed by atoms with Gasteiger partial charge in [0.2, 0.25) is 0 Å². The third-order valence-electron chi connectivity index (χ3n) is 4.48. The summed E-state index contributed by atoms with van der Waals surface area (Å²) < 4.78 is 1.71. The second-order valence-corrected chi connectivity index (χ2v) is 6.10. The van der Waals surface area contributed by atoms with Crippen LogP contribution in [0.2, 0.25) is 0 Å². The Morgan fingerprint density at radius 1 is 1.50 bits per heavy atom. The van der Waals surface area contributed by atoms with Gasteiger partial charge in [0.25, 0.3) is 5.91 Å². The molecule has 1 aromatic heterocycles. The number of nitrogens with one attached hydrogen (secondary N) is 1. The summed E-state index contributed by atoms with van der Waals surface area (Å²) in [5, 5.41) is 6.62. The minimum atomic E-state index is -0.648. The SMILES string of the molecule is CC1CCCC2(C1)C(=O)NC(=O)N2Cc1cnn(C)c1. The zero-order valence-electron chi connectivity index (χ0n) is 11.9. The summed E-state index contributed by atoms with van der Waals surface area (Å²) in [6, 6.07) is -0.270. The summed E-state index contributed by atoms with van der Waals surface area (Å²) in [5.41, 5.74) is 0.305. The minimum Gasteiger partial charge on any atom is -0.305 e. The Morgan fingerprint density at radius 2 is 2.30 bits per heavy atom. The van der Waals surface area contributed by atoms with Crippen LogP contribution in [0.5, 0.6) is 0 Å². The van der Waals surface area contributed by atoms with E-state index in [1.54, 1.807) is 15.8 Å². The van der Waals surface area contributed by atoms with E-state index in [1.165, 1.54) is 0 Å². The van der Waals surface area contributed by atoms with E-state index in [9.17, 15) is 9.59 Å². The summed E-state index contributed by atoms with van der Waals surface area (Å²) in [6.07, 6.45) is 7.27. The standard InChI is InChI=1S/C14H20N4O2/c1-10-4-3-5-14(6-10)12(19)16-13(20)18(14)9-11-7-15-17(2)8-11/h7-8,10H,3-6,9H2,1-2H3,(H,16,19,20). The van der Waals surface area contributed by atoms with E-state index in [1.807, 2.05) is 13.2 Å². The van der Waals surface area contributed by atoms with Crippen LogP contribution in [0.1, 0.15) is 38.2 Å². The molecule has 2 heterocycles. The van der Waals surface area contributed by atoms with E-state index >= 15 is 0 Å². The molecule has 1 aromatic rings. The van der Waals surface area contributed by atoms with Gasteiger partial charge in [0, 0.05) is 18.8 Å². The smallest absolute Gasteiger partial charge is 0.305 e. The van der Waals surface area contributed by atoms with Crippen molar-refractivity contribution in [3.05, 3.63) is 18.0 Å². The molecular formula is C14H20N4O2. The molecule has 1 aliphatic carbocycles. The number of urea groups is 1. The third kappa shape index (κ3) is 1.99. The van der Waals surface area contributed by atoms with Crippen LogP contribution in [0, 0.1) is 5.92 Å². The van der Waals surface area contributed by atoms with Gasteiger partial charge in [0.15, 0.2) is 0 Å². The lowest BCUT2D eigenvalue weighted by molar-refractivity contribution is -0.129. The van der Waals surface area contributed by atoms with Gasteiger partial charge >= 0.3 is 6.03 Å². The van der Waals surface area contributed by atoms with E-state index in [4.69, 9.17) is 0 Å². The van der Waals surface area contributed by atoms with Crippen molar-refractivity contribution in [1.82, 2.24) is 20.0 Å². The molecule has 0 aromatic carbocycles. The summed E-state index contributed by atoms with van der Waals surface area (Å²) in [7, 11) is 1.84. The van der Waals surface area contributed by atoms with Gasteiger partial charge < -0.3 is 4.90 Å². The highest BCUT2D eigenvalue weighted by atomic mass is 16.2. The molecule has 2 aliphatic rings. The number of hydrogen-bond donors (Lipinski definition) is 1. The monoisotopic (exact) mass is 276 g/mol. The maximum absolute atomic E-state index is 12.3. The lowest BCUT2D eigenvalue weighted by Crippen LogP contribution is -2.52. The number of carbonyl (C=O) groups excluding carboxylic acids is 2. The number of rotatable bonds is 2. The largest absolute Gasteiger partial charge is 0.325 e. The minimum absolute atomic E-state index is 0.127. The van der Waals surface area contributed by atoms with Crippen LogP contribution in [0.15, 0.2) is 12.4 Å². The van der Waals surface area contributed by atoms with Crippen molar-refractivity contribution < 1.29 is 9.59 Å². The Hall–Kier alpha value is -1.85. The van der Waals surface area contributed by atoms with Gasteiger partial charge in [-0.3, -0.25) is 14.8 Å². The van der Waals surface area contributed by atoms with Gasteiger partial charge in [-0.2, -0.15) is 5.10 Å². The van der Waals surface area contributed by atoms with E-state index in [0.717, 1.165) is 31.2 Å². The van der Waals surface area contributed by atoms with Crippen LogP contribution >= 0.6 is 0 Å². The molecule has 0 radical (unpaired) electrons. The van der Waals surface area contributed by atoms with Crippen molar-refractivity contribution in [2.24, 2.45) is 13.0 Å². The first-order valence-corrected chi connectivity index (χ1v) is 7.12. The van der Waals surface area contributed by atoms with Crippen LogP contribution in [-0.4, -0.2) is 32.2 Å². The zero-order valence-corrected chi connectivity index (χ0v) is 11.9. The van der Waals surface area contributed by atoms with E-state index in [-0.39, 0.29) is 11.9 Å². The predicted octanol–water partition coefficient (Wildman–Crippen LogP) is 1.42. The average Bonchev–Trinajstić information content (AvgIpc) is 2.88. The molecule has 3 rings (SSSR count). The molecule has 2 unspecified atom stereocenters.